The second-order valence-corrected chi connectivity index (χ2v) is 9.08. The first kappa shape index (κ1) is 24.0. The largest absolute Gasteiger partial charge is 0.396 e. The summed E-state index contributed by atoms with van der Waals surface area (Å²) in [6.45, 7) is 0.413. The van der Waals surface area contributed by atoms with Crippen molar-refractivity contribution < 1.29 is 15.0 Å². The van der Waals surface area contributed by atoms with Crippen LogP contribution in [0.2, 0.25) is 5.02 Å². The van der Waals surface area contributed by atoms with E-state index in [9.17, 15) is 15.0 Å². The van der Waals surface area contributed by atoms with Crippen molar-refractivity contribution in [1.82, 2.24) is 19.4 Å². The Morgan fingerprint density at radius 2 is 1.75 bits per heavy atom. The van der Waals surface area contributed by atoms with Gasteiger partial charge in [0.15, 0.2) is 11.5 Å². The molecule has 184 valence electrons. The fourth-order valence-electron chi connectivity index (χ4n) is 4.42. The molecule has 0 spiro atoms. The van der Waals surface area contributed by atoms with Gasteiger partial charge in [-0.2, -0.15) is 0 Å². The Morgan fingerprint density at radius 1 is 1.00 bits per heavy atom. The van der Waals surface area contributed by atoms with E-state index in [1.54, 1.807) is 24.2 Å². The van der Waals surface area contributed by atoms with Crippen LogP contribution in [0, 0.1) is 0 Å². The first-order valence-electron chi connectivity index (χ1n) is 11.7. The Morgan fingerprint density at radius 3 is 2.47 bits per heavy atom. The van der Waals surface area contributed by atoms with Gasteiger partial charge in [-0.1, -0.05) is 60.1 Å². The third-order valence-corrected chi connectivity index (χ3v) is 6.49. The quantitative estimate of drug-likeness (QED) is 0.397. The molecule has 1 amide bonds. The molecule has 36 heavy (non-hydrogen) atoms. The molecule has 9 heteroatoms. The summed E-state index contributed by atoms with van der Waals surface area (Å²) in [6, 6.07) is 21.6. The van der Waals surface area contributed by atoms with Crippen molar-refractivity contribution in [2.45, 2.75) is 19.3 Å². The summed E-state index contributed by atoms with van der Waals surface area (Å²) in [7, 11) is 1.70. The second kappa shape index (κ2) is 10.1. The molecule has 8 nitrogen and oxygen atoms in total. The number of benzene rings is 2. The third-order valence-electron chi connectivity index (χ3n) is 6.27. The summed E-state index contributed by atoms with van der Waals surface area (Å²) >= 11 is 6.04. The molecule has 0 saturated carbocycles. The molecule has 2 N–H and O–H groups in total. The lowest BCUT2D eigenvalue weighted by atomic mass is 10.0. The van der Waals surface area contributed by atoms with Gasteiger partial charge in [-0.05, 0) is 35.7 Å². The molecule has 0 radical (unpaired) electrons. The van der Waals surface area contributed by atoms with E-state index in [1.165, 1.54) is 4.90 Å². The summed E-state index contributed by atoms with van der Waals surface area (Å²) in [5, 5.41) is 20.7. The Labute approximate surface area is 214 Å². The Bertz CT molecular complexity index is 1370. The van der Waals surface area contributed by atoms with Gasteiger partial charge in [-0.3, -0.25) is 14.7 Å². The zero-order valence-corrected chi connectivity index (χ0v) is 20.5. The molecule has 4 aromatic rings. The molecule has 0 aliphatic carbocycles. The van der Waals surface area contributed by atoms with Crippen molar-refractivity contribution >= 4 is 23.3 Å². The van der Waals surface area contributed by atoms with Crippen molar-refractivity contribution in [2.75, 3.05) is 25.1 Å². The van der Waals surface area contributed by atoms with Gasteiger partial charge in [0.2, 0.25) is 6.35 Å². The number of anilines is 1. The van der Waals surface area contributed by atoms with E-state index in [0.717, 1.165) is 16.7 Å². The van der Waals surface area contributed by atoms with Crippen molar-refractivity contribution in [3.05, 3.63) is 89.3 Å². The van der Waals surface area contributed by atoms with Gasteiger partial charge in [0.1, 0.15) is 5.82 Å². The highest BCUT2D eigenvalue weighted by Crippen LogP contribution is 2.35. The highest BCUT2D eigenvalue weighted by atomic mass is 35.5. The number of imidazole rings is 1. The summed E-state index contributed by atoms with van der Waals surface area (Å²) in [5.74, 6) is 0.628. The van der Waals surface area contributed by atoms with Crippen LogP contribution in [0.15, 0.2) is 72.9 Å². The molecule has 5 rings (SSSR count). The predicted octanol–water partition coefficient (Wildman–Crippen LogP) is 3.86. The minimum absolute atomic E-state index is 0.0848. The van der Waals surface area contributed by atoms with Gasteiger partial charge in [0, 0.05) is 32.0 Å². The summed E-state index contributed by atoms with van der Waals surface area (Å²) in [6.07, 6.45) is 0.739. The number of fused-ring (bicyclic) bond motifs is 1. The van der Waals surface area contributed by atoms with Crippen LogP contribution >= 0.6 is 11.6 Å². The molecule has 2 aromatic carbocycles. The van der Waals surface area contributed by atoms with Crippen LogP contribution in [0.4, 0.5) is 5.82 Å². The zero-order chi connectivity index (χ0) is 25.2. The van der Waals surface area contributed by atoms with Crippen LogP contribution in [0.5, 0.6) is 0 Å². The number of halogens is 1. The molecule has 0 saturated heterocycles. The highest BCUT2D eigenvalue weighted by Gasteiger charge is 2.39. The van der Waals surface area contributed by atoms with Gasteiger partial charge in [-0.25, -0.2) is 4.98 Å². The number of pyridine rings is 1. The van der Waals surface area contributed by atoms with E-state index < -0.39 is 6.35 Å². The average molecular weight is 504 g/mol. The number of rotatable bonds is 7. The van der Waals surface area contributed by atoms with E-state index in [-0.39, 0.29) is 25.6 Å². The number of aliphatic hydroxyl groups is 2. The zero-order valence-electron chi connectivity index (χ0n) is 19.8. The first-order valence-corrected chi connectivity index (χ1v) is 12.0. The number of hydrogen-bond acceptors (Lipinski definition) is 6. The molecule has 0 bridgehead atoms. The van der Waals surface area contributed by atoms with Crippen molar-refractivity contribution in [2.24, 2.45) is 0 Å². The lowest BCUT2D eigenvalue weighted by molar-refractivity contribution is 0.00113. The molecular weight excluding hydrogens is 478 g/mol. The van der Waals surface area contributed by atoms with E-state index in [4.69, 9.17) is 16.6 Å². The first-order chi connectivity index (χ1) is 17.5. The number of aromatic nitrogens is 3. The van der Waals surface area contributed by atoms with Crippen LogP contribution in [-0.2, 0) is 6.54 Å². The molecule has 1 aliphatic heterocycles. The minimum atomic E-state index is -1.18. The molecule has 3 heterocycles. The number of carbonyl (C=O) groups excluding carboxylic acids is 1. The van der Waals surface area contributed by atoms with E-state index in [0.29, 0.717) is 34.5 Å². The summed E-state index contributed by atoms with van der Waals surface area (Å²) in [5.41, 5.74) is 3.99. The molecule has 1 unspecified atom stereocenters. The number of hydrogen-bond donors (Lipinski definition) is 2. The van der Waals surface area contributed by atoms with Crippen LogP contribution in [0.25, 0.3) is 22.5 Å². The van der Waals surface area contributed by atoms with Crippen molar-refractivity contribution in [3.63, 3.8) is 0 Å². The lowest BCUT2D eigenvalue weighted by Crippen LogP contribution is -2.54. The van der Waals surface area contributed by atoms with Crippen LogP contribution < -0.4 is 4.90 Å². The number of nitrogens with zero attached hydrogens (tertiary/aromatic N) is 5. The summed E-state index contributed by atoms with van der Waals surface area (Å²) in [4.78, 5) is 25.8. The normalized spacial score (nSPS) is 15.3. The van der Waals surface area contributed by atoms with Crippen molar-refractivity contribution in [1.29, 1.82) is 0 Å². The molecule has 1 aliphatic rings. The maximum atomic E-state index is 13.6. The maximum Gasteiger partial charge on any atom is 0.277 e. The van der Waals surface area contributed by atoms with Gasteiger partial charge < -0.3 is 19.7 Å². The van der Waals surface area contributed by atoms with Gasteiger partial charge in [-0.15, -0.1) is 0 Å². The van der Waals surface area contributed by atoms with E-state index in [1.807, 2.05) is 65.2 Å². The molecule has 0 fully saturated rings. The highest BCUT2D eigenvalue weighted by molar-refractivity contribution is 6.30. The topological polar surface area (TPSA) is 94.7 Å². The standard InChI is InChI=1S/C27H26ClN5O3/c1-31-25-23(26(35)32(27(31)36)13-6-14-34)33(17-22-12-11-21(28)16-29-22)24(30-25)20-10-5-9-19(15-20)18-7-3-2-4-8-18/h2-5,7-12,15-16,27,34,36H,6,13-14,17H2,1H3. The molecule has 1 atom stereocenters. The van der Waals surface area contributed by atoms with Gasteiger partial charge in [0.05, 0.1) is 17.3 Å². The molecular formula is C27H26ClN5O3. The summed E-state index contributed by atoms with van der Waals surface area (Å²) < 4.78 is 1.84. The third kappa shape index (κ3) is 4.46. The lowest BCUT2D eigenvalue weighted by Gasteiger charge is -2.38. The van der Waals surface area contributed by atoms with E-state index in [2.05, 4.69) is 4.98 Å². The average Bonchev–Trinajstić information content (AvgIpc) is 3.29. The minimum Gasteiger partial charge on any atom is -0.396 e. The fourth-order valence-corrected chi connectivity index (χ4v) is 4.53. The number of aliphatic hydroxyl groups excluding tert-OH is 2. The Kier molecular flexibility index (Phi) is 6.73. The van der Waals surface area contributed by atoms with Crippen molar-refractivity contribution in [3.8, 4) is 22.5 Å². The van der Waals surface area contributed by atoms with E-state index >= 15 is 0 Å². The predicted molar refractivity (Wildman–Crippen MR) is 139 cm³/mol. The van der Waals surface area contributed by atoms with Crippen LogP contribution in [0.3, 0.4) is 0 Å². The molecule has 2 aromatic heterocycles. The van der Waals surface area contributed by atoms with Crippen LogP contribution in [0.1, 0.15) is 22.6 Å². The van der Waals surface area contributed by atoms with Crippen LogP contribution in [-0.4, -0.2) is 62.1 Å². The fraction of sp³-hybridized carbons (Fsp3) is 0.222. The smallest absolute Gasteiger partial charge is 0.277 e. The second-order valence-electron chi connectivity index (χ2n) is 8.64. The van der Waals surface area contributed by atoms with Gasteiger partial charge in [0.25, 0.3) is 5.91 Å². The number of carbonyl (C=O) groups is 1. The number of amides is 1. The SMILES string of the molecule is CN1c2nc(-c3cccc(-c4ccccc4)c3)n(Cc3ccc(Cl)cn3)c2C(=O)N(CCCO)C1O. The Hall–Kier alpha value is -3.72. The van der Waals surface area contributed by atoms with Gasteiger partial charge >= 0.3 is 0 Å². The monoisotopic (exact) mass is 503 g/mol. The maximum absolute atomic E-state index is 13.6. The Balaban J connectivity index is 1.66.